The molecule has 0 unspecified atom stereocenters. The lowest BCUT2D eigenvalue weighted by molar-refractivity contribution is -0.112. The van der Waals surface area contributed by atoms with Crippen molar-refractivity contribution in [2.24, 2.45) is 0 Å². The van der Waals surface area contributed by atoms with Crippen LogP contribution in [0.5, 0.6) is 5.75 Å². The lowest BCUT2D eigenvalue weighted by Gasteiger charge is -2.05. The van der Waals surface area contributed by atoms with Gasteiger partial charge in [-0.05, 0) is 50.1 Å². The standard InChI is InChI=1S/C13H16O2/c1-4-15-13-8-7-12(10(2)9-13)6-5-11(3)14/h5-9H,4H2,1-3H3/b6-5+. The van der Waals surface area contributed by atoms with Crippen LogP contribution in [-0.4, -0.2) is 12.4 Å². The zero-order chi connectivity index (χ0) is 11.3. The van der Waals surface area contributed by atoms with Crippen molar-refractivity contribution in [3.63, 3.8) is 0 Å². The van der Waals surface area contributed by atoms with Crippen molar-refractivity contribution in [2.75, 3.05) is 6.61 Å². The highest BCUT2D eigenvalue weighted by Crippen LogP contribution is 2.18. The molecule has 0 aromatic heterocycles. The molecule has 2 nitrogen and oxygen atoms in total. The Hall–Kier alpha value is -1.57. The van der Waals surface area contributed by atoms with Crippen LogP contribution in [0.25, 0.3) is 6.08 Å². The normalized spacial score (nSPS) is 10.6. The Kier molecular flexibility index (Phi) is 4.10. The van der Waals surface area contributed by atoms with E-state index in [1.165, 1.54) is 0 Å². The third kappa shape index (κ3) is 3.58. The second-order valence-electron chi connectivity index (χ2n) is 3.40. The molecule has 1 rings (SSSR count). The molecule has 0 radical (unpaired) electrons. The predicted octanol–water partition coefficient (Wildman–Crippen LogP) is 3.00. The molecule has 80 valence electrons. The molecule has 15 heavy (non-hydrogen) atoms. The Morgan fingerprint density at radius 1 is 1.47 bits per heavy atom. The Balaban J connectivity index is 2.88. The first-order chi connectivity index (χ1) is 7.13. The highest BCUT2D eigenvalue weighted by Gasteiger charge is 1.97. The minimum Gasteiger partial charge on any atom is -0.494 e. The first-order valence-electron chi connectivity index (χ1n) is 5.05. The van der Waals surface area contributed by atoms with E-state index in [0.717, 1.165) is 16.9 Å². The third-order valence-electron chi connectivity index (χ3n) is 2.05. The molecular formula is C13H16O2. The molecule has 0 amide bonds. The van der Waals surface area contributed by atoms with E-state index in [0.29, 0.717) is 6.61 Å². The summed E-state index contributed by atoms with van der Waals surface area (Å²) in [5.41, 5.74) is 2.16. The van der Waals surface area contributed by atoms with Crippen molar-refractivity contribution in [2.45, 2.75) is 20.8 Å². The van der Waals surface area contributed by atoms with Crippen molar-refractivity contribution < 1.29 is 9.53 Å². The van der Waals surface area contributed by atoms with E-state index >= 15 is 0 Å². The van der Waals surface area contributed by atoms with Gasteiger partial charge in [0.1, 0.15) is 5.75 Å². The van der Waals surface area contributed by atoms with Gasteiger partial charge in [0.25, 0.3) is 0 Å². The first-order valence-corrected chi connectivity index (χ1v) is 5.05. The summed E-state index contributed by atoms with van der Waals surface area (Å²) in [6.45, 7) is 6.17. The van der Waals surface area contributed by atoms with Gasteiger partial charge in [0.15, 0.2) is 5.78 Å². The number of allylic oxidation sites excluding steroid dienone is 1. The number of benzene rings is 1. The molecule has 0 bridgehead atoms. The molecule has 0 N–H and O–H groups in total. The van der Waals surface area contributed by atoms with Gasteiger partial charge in [-0.25, -0.2) is 0 Å². The van der Waals surface area contributed by atoms with Gasteiger partial charge in [0.2, 0.25) is 0 Å². The topological polar surface area (TPSA) is 26.3 Å². The average Bonchev–Trinajstić information content (AvgIpc) is 2.17. The number of ether oxygens (including phenoxy) is 1. The monoisotopic (exact) mass is 204 g/mol. The van der Waals surface area contributed by atoms with Gasteiger partial charge in [-0.2, -0.15) is 0 Å². The van der Waals surface area contributed by atoms with Gasteiger partial charge in [0.05, 0.1) is 6.61 Å². The Bertz CT molecular complexity index is 378. The molecule has 0 aliphatic heterocycles. The molecule has 0 heterocycles. The fraction of sp³-hybridized carbons (Fsp3) is 0.308. The third-order valence-corrected chi connectivity index (χ3v) is 2.05. The summed E-state index contributed by atoms with van der Waals surface area (Å²) in [7, 11) is 0. The van der Waals surface area contributed by atoms with Crippen LogP contribution in [0.3, 0.4) is 0 Å². The molecule has 2 heteroatoms. The van der Waals surface area contributed by atoms with Gasteiger partial charge in [-0.1, -0.05) is 12.1 Å². The summed E-state index contributed by atoms with van der Waals surface area (Å²) in [6.07, 6.45) is 3.40. The summed E-state index contributed by atoms with van der Waals surface area (Å²) in [5, 5.41) is 0. The van der Waals surface area contributed by atoms with Crippen LogP contribution in [0.1, 0.15) is 25.0 Å². The van der Waals surface area contributed by atoms with Crippen molar-refractivity contribution in [1.82, 2.24) is 0 Å². The molecule has 1 aromatic rings. The fourth-order valence-electron chi connectivity index (χ4n) is 1.30. The number of carbonyl (C=O) groups excluding carboxylic acids is 1. The zero-order valence-corrected chi connectivity index (χ0v) is 9.41. The summed E-state index contributed by atoms with van der Waals surface area (Å²) < 4.78 is 5.38. The number of ketones is 1. The second-order valence-corrected chi connectivity index (χ2v) is 3.40. The van der Waals surface area contributed by atoms with Crippen molar-refractivity contribution in [3.05, 3.63) is 35.4 Å². The number of rotatable bonds is 4. The van der Waals surface area contributed by atoms with Crippen LogP contribution in [-0.2, 0) is 4.79 Å². The smallest absolute Gasteiger partial charge is 0.152 e. The molecule has 0 spiro atoms. The molecule has 0 saturated carbocycles. The number of hydrogen-bond donors (Lipinski definition) is 0. The molecule has 1 aromatic carbocycles. The minimum atomic E-state index is 0.0586. The largest absolute Gasteiger partial charge is 0.494 e. The highest BCUT2D eigenvalue weighted by molar-refractivity contribution is 5.91. The summed E-state index contributed by atoms with van der Waals surface area (Å²) in [5.74, 6) is 0.929. The molecular weight excluding hydrogens is 188 g/mol. The lowest BCUT2D eigenvalue weighted by Crippen LogP contribution is -1.92. The number of aryl methyl sites for hydroxylation is 1. The molecule has 0 aliphatic rings. The summed E-state index contributed by atoms with van der Waals surface area (Å²) >= 11 is 0. The van der Waals surface area contributed by atoms with Crippen LogP contribution in [0.15, 0.2) is 24.3 Å². The highest BCUT2D eigenvalue weighted by atomic mass is 16.5. The van der Waals surface area contributed by atoms with Crippen LogP contribution in [0.2, 0.25) is 0 Å². The van der Waals surface area contributed by atoms with E-state index in [4.69, 9.17) is 4.74 Å². The first kappa shape index (κ1) is 11.5. The molecule has 0 aliphatic carbocycles. The van der Waals surface area contributed by atoms with Crippen LogP contribution in [0.4, 0.5) is 0 Å². The quantitative estimate of drug-likeness (QED) is 0.705. The molecule has 0 saturated heterocycles. The lowest BCUT2D eigenvalue weighted by atomic mass is 10.1. The Morgan fingerprint density at radius 2 is 2.20 bits per heavy atom. The van der Waals surface area contributed by atoms with Gasteiger partial charge < -0.3 is 4.74 Å². The van der Waals surface area contributed by atoms with Gasteiger partial charge >= 0.3 is 0 Å². The number of carbonyl (C=O) groups is 1. The maximum atomic E-state index is 10.8. The Morgan fingerprint density at radius 3 is 2.73 bits per heavy atom. The summed E-state index contributed by atoms with van der Waals surface area (Å²) in [6, 6.07) is 5.85. The second kappa shape index (κ2) is 5.35. The number of hydrogen-bond acceptors (Lipinski definition) is 2. The minimum absolute atomic E-state index is 0.0586. The van der Waals surface area contributed by atoms with E-state index in [2.05, 4.69) is 0 Å². The van der Waals surface area contributed by atoms with Crippen molar-refractivity contribution >= 4 is 11.9 Å². The average molecular weight is 204 g/mol. The fourth-order valence-corrected chi connectivity index (χ4v) is 1.30. The van der Waals surface area contributed by atoms with Crippen molar-refractivity contribution in [3.8, 4) is 5.75 Å². The van der Waals surface area contributed by atoms with Crippen LogP contribution >= 0.6 is 0 Å². The van der Waals surface area contributed by atoms with Crippen LogP contribution in [0, 0.1) is 6.92 Å². The van der Waals surface area contributed by atoms with E-state index in [1.807, 2.05) is 38.1 Å². The van der Waals surface area contributed by atoms with E-state index in [9.17, 15) is 4.79 Å². The molecule has 0 fully saturated rings. The van der Waals surface area contributed by atoms with Gasteiger partial charge in [-0.3, -0.25) is 4.79 Å². The summed E-state index contributed by atoms with van der Waals surface area (Å²) in [4.78, 5) is 10.8. The zero-order valence-electron chi connectivity index (χ0n) is 9.41. The SMILES string of the molecule is CCOc1ccc(/C=C/C(C)=O)c(C)c1. The van der Waals surface area contributed by atoms with Crippen molar-refractivity contribution in [1.29, 1.82) is 0 Å². The van der Waals surface area contributed by atoms with E-state index < -0.39 is 0 Å². The van der Waals surface area contributed by atoms with Gasteiger partial charge in [-0.15, -0.1) is 0 Å². The predicted molar refractivity (Wildman–Crippen MR) is 62.1 cm³/mol. The maximum Gasteiger partial charge on any atom is 0.152 e. The van der Waals surface area contributed by atoms with Gasteiger partial charge in [0, 0.05) is 0 Å². The van der Waals surface area contributed by atoms with Crippen LogP contribution < -0.4 is 4.74 Å². The van der Waals surface area contributed by atoms with E-state index in [-0.39, 0.29) is 5.78 Å². The maximum absolute atomic E-state index is 10.8. The van der Waals surface area contributed by atoms with E-state index in [1.54, 1.807) is 13.0 Å². The Labute approximate surface area is 90.6 Å². The molecule has 0 atom stereocenters.